The Hall–Kier alpha value is -2.16. The maximum atomic E-state index is 12.5. The van der Waals surface area contributed by atoms with Gasteiger partial charge in [-0.15, -0.1) is 0 Å². The number of anilines is 1. The molecule has 0 aliphatic carbocycles. The van der Waals surface area contributed by atoms with Crippen molar-refractivity contribution in [3.8, 4) is 11.5 Å². The van der Waals surface area contributed by atoms with Gasteiger partial charge in [0.05, 0.1) is 23.0 Å². The molecule has 0 saturated carbocycles. The summed E-state index contributed by atoms with van der Waals surface area (Å²) in [7, 11) is 1.33. The van der Waals surface area contributed by atoms with Crippen LogP contribution in [0.4, 0.5) is 14.5 Å². The summed E-state index contributed by atoms with van der Waals surface area (Å²) in [5.41, 5.74) is 2.02. The zero-order valence-corrected chi connectivity index (χ0v) is 15.7. The summed E-state index contributed by atoms with van der Waals surface area (Å²) < 4.78 is 36.5. The van der Waals surface area contributed by atoms with E-state index < -0.39 is 12.7 Å². The molecule has 1 atom stereocenters. The molecule has 0 saturated heterocycles. The van der Waals surface area contributed by atoms with Crippen LogP contribution in [0.5, 0.6) is 11.5 Å². The summed E-state index contributed by atoms with van der Waals surface area (Å²) in [6.45, 7) is 2.45. The Labute approximate surface area is 152 Å². The van der Waals surface area contributed by atoms with Crippen LogP contribution in [-0.2, 0) is 4.79 Å². The third kappa shape index (κ3) is 4.28. The monoisotopic (exact) mass is 417 g/mol. The third-order valence-electron chi connectivity index (χ3n) is 3.63. The fourth-order valence-electron chi connectivity index (χ4n) is 2.32. The van der Waals surface area contributed by atoms with E-state index in [-0.39, 0.29) is 17.4 Å². The van der Waals surface area contributed by atoms with E-state index in [0.29, 0.717) is 5.69 Å². The zero-order chi connectivity index (χ0) is 18.7. The molecular weight excluding hydrogens is 400 g/mol. The molecule has 0 radical (unpaired) electrons. The Kier molecular flexibility index (Phi) is 5.99. The average molecular weight is 418 g/mol. The minimum Gasteiger partial charge on any atom is -0.493 e. The van der Waals surface area contributed by atoms with Crippen LogP contribution < -0.4 is 14.8 Å². The summed E-state index contributed by atoms with van der Waals surface area (Å²) in [6.07, 6.45) is 0. The van der Waals surface area contributed by atoms with Gasteiger partial charge < -0.3 is 14.8 Å². The molecule has 2 rings (SSSR count). The molecule has 1 aromatic carbocycles. The van der Waals surface area contributed by atoms with E-state index in [2.05, 4.69) is 31.1 Å². The Morgan fingerprint density at radius 1 is 1.32 bits per heavy atom. The van der Waals surface area contributed by atoms with Crippen molar-refractivity contribution in [3.63, 3.8) is 0 Å². The van der Waals surface area contributed by atoms with Gasteiger partial charge >= 0.3 is 6.61 Å². The number of carbonyl (C=O) groups excluding carboxylic acids is 1. The minimum absolute atomic E-state index is 0.0969. The van der Waals surface area contributed by atoms with Crippen molar-refractivity contribution in [3.05, 3.63) is 34.1 Å². The fourth-order valence-corrected chi connectivity index (χ4v) is 2.58. The van der Waals surface area contributed by atoms with Crippen LogP contribution in [0.25, 0.3) is 0 Å². The molecular formula is C16H18BrF2N3O3. The van der Waals surface area contributed by atoms with Gasteiger partial charge in [0.15, 0.2) is 11.5 Å². The van der Waals surface area contributed by atoms with Gasteiger partial charge in [-0.1, -0.05) is 0 Å². The maximum absolute atomic E-state index is 12.5. The Bertz CT molecular complexity index is 780. The van der Waals surface area contributed by atoms with Crippen LogP contribution in [0.1, 0.15) is 24.4 Å². The van der Waals surface area contributed by atoms with E-state index in [0.717, 1.165) is 15.9 Å². The average Bonchev–Trinajstić information content (AvgIpc) is 2.82. The topological polar surface area (TPSA) is 65.4 Å². The first-order chi connectivity index (χ1) is 11.7. The Balaban J connectivity index is 2.18. The van der Waals surface area contributed by atoms with Gasteiger partial charge in [0.1, 0.15) is 6.04 Å². The quantitative estimate of drug-likeness (QED) is 0.768. The van der Waals surface area contributed by atoms with Gasteiger partial charge in [-0.3, -0.25) is 9.48 Å². The largest absolute Gasteiger partial charge is 0.493 e. The first-order valence-corrected chi connectivity index (χ1v) is 8.18. The number of carbonyl (C=O) groups is 1. The molecule has 1 aromatic heterocycles. The van der Waals surface area contributed by atoms with Crippen LogP contribution in [0.3, 0.4) is 0 Å². The number of aromatic nitrogens is 2. The van der Waals surface area contributed by atoms with Crippen molar-refractivity contribution < 1.29 is 23.0 Å². The predicted octanol–water partition coefficient (Wildman–Crippen LogP) is 4.07. The lowest BCUT2D eigenvalue weighted by molar-refractivity contribution is -0.119. The van der Waals surface area contributed by atoms with Crippen molar-refractivity contribution in [2.45, 2.75) is 33.4 Å². The minimum atomic E-state index is -2.96. The van der Waals surface area contributed by atoms with E-state index in [1.54, 1.807) is 11.6 Å². The molecule has 0 spiro atoms. The van der Waals surface area contributed by atoms with Crippen molar-refractivity contribution in [1.82, 2.24) is 9.78 Å². The number of benzene rings is 1. The lowest BCUT2D eigenvalue weighted by Gasteiger charge is -2.16. The van der Waals surface area contributed by atoms with Gasteiger partial charge in [0.2, 0.25) is 5.91 Å². The van der Waals surface area contributed by atoms with E-state index in [1.165, 1.54) is 25.3 Å². The highest BCUT2D eigenvalue weighted by Crippen LogP contribution is 2.32. The second-order valence-electron chi connectivity index (χ2n) is 5.34. The fraction of sp³-hybridized carbons (Fsp3) is 0.375. The molecule has 6 nitrogen and oxygen atoms in total. The number of amides is 1. The third-order valence-corrected chi connectivity index (χ3v) is 4.78. The summed E-state index contributed by atoms with van der Waals surface area (Å²) in [4.78, 5) is 12.5. The number of hydrogen-bond donors (Lipinski definition) is 1. The molecule has 1 N–H and O–H groups in total. The molecule has 0 bridgehead atoms. The number of methoxy groups -OCH3 is 1. The van der Waals surface area contributed by atoms with E-state index in [1.807, 2.05) is 13.8 Å². The summed E-state index contributed by atoms with van der Waals surface area (Å²) >= 11 is 3.42. The first kappa shape index (κ1) is 19.2. The van der Waals surface area contributed by atoms with E-state index >= 15 is 0 Å². The molecule has 136 valence electrons. The number of nitrogens with zero attached hydrogens (tertiary/aromatic N) is 2. The smallest absolute Gasteiger partial charge is 0.387 e. The maximum Gasteiger partial charge on any atom is 0.387 e. The molecule has 2 aromatic rings. The van der Waals surface area contributed by atoms with Crippen LogP contribution in [-0.4, -0.2) is 29.4 Å². The lowest BCUT2D eigenvalue weighted by atomic mass is 10.2. The standard InChI is InChI=1S/C16H18BrF2N3O3/c1-8-14(17)9(2)22(21-8)10(3)15(23)20-11-5-6-12(25-16(18)19)13(7-11)24-4/h5-7,10,16H,1-4H3,(H,20,23). The zero-order valence-electron chi connectivity index (χ0n) is 14.1. The number of aryl methyl sites for hydroxylation is 1. The second-order valence-corrected chi connectivity index (χ2v) is 6.13. The Morgan fingerprint density at radius 3 is 2.52 bits per heavy atom. The highest BCUT2D eigenvalue weighted by molar-refractivity contribution is 9.10. The second kappa shape index (κ2) is 7.81. The number of ether oxygens (including phenoxy) is 2. The number of rotatable bonds is 6. The molecule has 25 heavy (non-hydrogen) atoms. The van der Waals surface area contributed by atoms with Gasteiger partial charge in [-0.05, 0) is 48.8 Å². The molecule has 9 heteroatoms. The van der Waals surface area contributed by atoms with Crippen LogP contribution in [0.2, 0.25) is 0 Å². The highest BCUT2D eigenvalue weighted by Gasteiger charge is 2.21. The van der Waals surface area contributed by atoms with Gasteiger partial charge in [0.25, 0.3) is 0 Å². The molecule has 0 fully saturated rings. The highest BCUT2D eigenvalue weighted by atomic mass is 79.9. The van der Waals surface area contributed by atoms with E-state index in [4.69, 9.17) is 4.74 Å². The van der Waals surface area contributed by atoms with E-state index in [9.17, 15) is 13.6 Å². The molecule has 0 aliphatic heterocycles. The number of alkyl halides is 2. The Morgan fingerprint density at radius 2 is 2.00 bits per heavy atom. The lowest BCUT2D eigenvalue weighted by Crippen LogP contribution is -2.25. The van der Waals surface area contributed by atoms with Crippen LogP contribution in [0, 0.1) is 13.8 Å². The summed E-state index contributed by atoms with van der Waals surface area (Å²) in [5.74, 6) is -0.312. The van der Waals surface area contributed by atoms with Gasteiger partial charge in [0, 0.05) is 11.8 Å². The SMILES string of the molecule is COc1cc(NC(=O)C(C)n2nc(C)c(Br)c2C)ccc1OC(F)F. The molecule has 1 amide bonds. The van der Waals surface area contributed by atoms with Gasteiger partial charge in [-0.25, -0.2) is 0 Å². The van der Waals surface area contributed by atoms with Crippen LogP contribution >= 0.6 is 15.9 Å². The molecule has 0 aliphatic rings. The van der Waals surface area contributed by atoms with Crippen molar-refractivity contribution >= 4 is 27.5 Å². The van der Waals surface area contributed by atoms with Crippen LogP contribution in [0.15, 0.2) is 22.7 Å². The van der Waals surface area contributed by atoms with Gasteiger partial charge in [-0.2, -0.15) is 13.9 Å². The summed E-state index contributed by atoms with van der Waals surface area (Å²) in [5, 5.41) is 7.05. The van der Waals surface area contributed by atoms with Crippen molar-refractivity contribution in [2.24, 2.45) is 0 Å². The molecule has 1 unspecified atom stereocenters. The number of hydrogen-bond acceptors (Lipinski definition) is 4. The number of nitrogens with one attached hydrogen (secondary N) is 1. The normalized spacial score (nSPS) is 12.2. The van der Waals surface area contributed by atoms with Crippen molar-refractivity contribution in [2.75, 3.05) is 12.4 Å². The first-order valence-electron chi connectivity index (χ1n) is 7.39. The number of halogens is 3. The molecule has 1 heterocycles. The predicted molar refractivity (Wildman–Crippen MR) is 92.4 cm³/mol. The van der Waals surface area contributed by atoms with Crippen molar-refractivity contribution in [1.29, 1.82) is 0 Å². The summed E-state index contributed by atoms with van der Waals surface area (Å²) in [6, 6.07) is 3.63.